The largest absolute Gasteiger partial charge is 0.353 e. The third-order valence-corrected chi connectivity index (χ3v) is 3.41. The lowest BCUT2D eigenvalue weighted by molar-refractivity contribution is -0.128. The van der Waals surface area contributed by atoms with Gasteiger partial charge in [-0.25, -0.2) is 4.79 Å². The predicted octanol–water partition coefficient (Wildman–Crippen LogP) is -0.00188. The number of amides is 2. The molecular formula is C13H20N4O3. The molecule has 110 valence electrons. The predicted molar refractivity (Wildman–Crippen MR) is 73.4 cm³/mol. The van der Waals surface area contributed by atoms with Crippen molar-refractivity contribution in [2.75, 3.05) is 13.1 Å². The van der Waals surface area contributed by atoms with Gasteiger partial charge in [0.1, 0.15) is 11.7 Å². The van der Waals surface area contributed by atoms with E-state index in [4.69, 9.17) is 0 Å². The molecule has 2 rings (SSSR count). The molecule has 1 atom stereocenters. The Hall–Kier alpha value is -2.05. The molecule has 1 aromatic heterocycles. The molecule has 1 aliphatic rings. The van der Waals surface area contributed by atoms with Gasteiger partial charge in [-0.2, -0.15) is 0 Å². The summed E-state index contributed by atoms with van der Waals surface area (Å²) in [7, 11) is 0. The standard InChI is InChI=1S/C13H20N4O3/c1-7(2)6-9-11(18)14-4-5-17(9)12(19)10-8(3)15-13(20)16-10/h7,9H,4-6H2,1-3H3,(H,14,18)(H2,15,16,20). The fourth-order valence-electron chi connectivity index (χ4n) is 2.47. The van der Waals surface area contributed by atoms with Gasteiger partial charge in [0, 0.05) is 18.8 Å². The summed E-state index contributed by atoms with van der Waals surface area (Å²) < 4.78 is 0. The zero-order valence-corrected chi connectivity index (χ0v) is 11.9. The van der Waals surface area contributed by atoms with Gasteiger partial charge in [-0.05, 0) is 19.3 Å². The lowest BCUT2D eigenvalue weighted by atomic mass is 9.99. The van der Waals surface area contributed by atoms with Crippen LogP contribution in [0.1, 0.15) is 36.5 Å². The maximum Gasteiger partial charge on any atom is 0.323 e. The second kappa shape index (κ2) is 5.52. The highest BCUT2D eigenvalue weighted by atomic mass is 16.2. The summed E-state index contributed by atoms with van der Waals surface area (Å²) in [6.07, 6.45) is 0.602. The molecule has 0 spiro atoms. The zero-order chi connectivity index (χ0) is 14.9. The minimum absolute atomic E-state index is 0.131. The van der Waals surface area contributed by atoms with Crippen LogP contribution in [0, 0.1) is 12.8 Å². The Morgan fingerprint density at radius 1 is 1.35 bits per heavy atom. The van der Waals surface area contributed by atoms with Crippen molar-refractivity contribution in [1.82, 2.24) is 20.2 Å². The second-order valence-electron chi connectivity index (χ2n) is 5.51. The molecule has 7 heteroatoms. The summed E-state index contributed by atoms with van der Waals surface area (Å²) in [5.74, 6) is -0.138. The van der Waals surface area contributed by atoms with E-state index in [1.54, 1.807) is 11.8 Å². The van der Waals surface area contributed by atoms with Crippen LogP contribution in [0.5, 0.6) is 0 Å². The van der Waals surface area contributed by atoms with Crippen molar-refractivity contribution in [1.29, 1.82) is 0 Å². The van der Waals surface area contributed by atoms with Crippen LogP contribution in [-0.2, 0) is 4.79 Å². The average Bonchev–Trinajstić information content (AvgIpc) is 2.70. The average molecular weight is 280 g/mol. The number of hydrogen-bond acceptors (Lipinski definition) is 3. The van der Waals surface area contributed by atoms with E-state index in [0.29, 0.717) is 31.1 Å². The van der Waals surface area contributed by atoms with Crippen LogP contribution in [0.2, 0.25) is 0 Å². The Bertz CT molecular complexity index is 572. The van der Waals surface area contributed by atoms with Gasteiger partial charge in [-0.15, -0.1) is 0 Å². The highest BCUT2D eigenvalue weighted by Gasteiger charge is 2.34. The van der Waals surface area contributed by atoms with Crippen LogP contribution in [0.4, 0.5) is 0 Å². The first-order valence-corrected chi connectivity index (χ1v) is 6.77. The minimum Gasteiger partial charge on any atom is -0.353 e. The third-order valence-electron chi connectivity index (χ3n) is 3.41. The fraction of sp³-hybridized carbons (Fsp3) is 0.615. The first-order valence-electron chi connectivity index (χ1n) is 6.77. The number of nitrogens with zero attached hydrogens (tertiary/aromatic N) is 1. The van der Waals surface area contributed by atoms with Crippen molar-refractivity contribution in [3.8, 4) is 0 Å². The van der Waals surface area contributed by atoms with E-state index in [1.165, 1.54) is 0 Å². The number of hydrogen-bond donors (Lipinski definition) is 3. The maximum atomic E-state index is 12.5. The molecule has 2 amide bonds. The van der Waals surface area contributed by atoms with Gasteiger partial charge < -0.3 is 20.2 Å². The molecule has 2 heterocycles. The number of aryl methyl sites for hydroxylation is 1. The molecule has 3 N–H and O–H groups in total. The third kappa shape index (κ3) is 2.76. The van der Waals surface area contributed by atoms with Crippen LogP contribution >= 0.6 is 0 Å². The Kier molecular flexibility index (Phi) is 3.96. The molecular weight excluding hydrogens is 260 g/mol. The van der Waals surface area contributed by atoms with Gasteiger partial charge in [0.2, 0.25) is 5.91 Å². The first kappa shape index (κ1) is 14.4. The van der Waals surface area contributed by atoms with E-state index in [1.807, 2.05) is 13.8 Å². The number of carbonyl (C=O) groups excluding carboxylic acids is 2. The van der Waals surface area contributed by atoms with Crippen molar-refractivity contribution in [2.24, 2.45) is 5.92 Å². The van der Waals surface area contributed by atoms with Crippen LogP contribution in [-0.4, -0.2) is 45.8 Å². The van der Waals surface area contributed by atoms with Gasteiger partial charge in [-0.1, -0.05) is 13.8 Å². The molecule has 0 radical (unpaired) electrons. The normalized spacial score (nSPS) is 19.3. The van der Waals surface area contributed by atoms with E-state index >= 15 is 0 Å². The Morgan fingerprint density at radius 2 is 2.05 bits per heavy atom. The van der Waals surface area contributed by atoms with Crippen molar-refractivity contribution in [3.05, 3.63) is 21.9 Å². The fourth-order valence-corrected chi connectivity index (χ4v) is 2.47. The molecule has 0 bridgehead atoms. The number of rotatable bonds is 3. The summed E-state index contributed by atoms with van der Waals surface area (Å²) >= 11 is 0. The summed E-state index contributed by atoms with van der Waals surface area (Å²) in [6, 6.07) is -0.478. The molecule has 1 fully saturated rings. The molecule has 1 aromatic rings. The maximum absolute atomic E-state index is 12.5. The van der Waals surface area contributed by atoms with Crippen molar-refractivity contribution >= 4 is 11.8 Å². The molecule has 7 nitrogen and oxygen atoms in total. The number of aromatic nitrogens is 2. The van der Waals surface area contributed by atoms with E-state index in [9.17, 15) is 14.4 Å². The van der Waals surface area contributed by atoms with Gasteiger partial charge in [-0.3, -0.25) is 9.59 Å². The van der Waals surface area contributed by atoms with Crippen molar-refractivity contribution in [2.45, 2.75) is 33.2 Å². The van der Waals surface area contributed by atoms with Gasteiger partial charge in [0.25, 0.3) is 5.91 Å². The molecule has 1 unspecified atom stereocenters. The number of aromatic amines is 2. The lowest BCUT2D eigenvalue weighted by Crippen LogP contribution is -2.57. The molecule has 20 heavy (non-hydrogen) atoms. The first-order chi connectivity index (χ1) is 9.40. The number of piperazine rings is 1. The van der Waals surface area contributed by atoms with Crippen LogP contribution in [0.25, 0.3) is 0 Å². The summed E-state index contributed by atoms with van der Waals surface area (Å²) in [4.78, 5) is 42.3. The molecule has 0 aliphatic carbocycles. The SMILES string of the molecule is Cc1[nH]c(=O)[nH]c1C(=O)N1CCNC(=O)C1CC(C)C. The van der Waals surface area contributed by atoms with Gasteiger partial charge in [0.15, 0.2) is 0 Å². The van der Waals surface area contributed by atoms with Gasteiger partial charge in [0.05, 0.1) is 0 Å². The van der Waals surface area contributed by atoms with E-state index in [-0.39, 0.29) is 17.5 Å². The highest BCUT2D eigenvalue weighted by Crippen LogP contribution is 2.17. The molecule has 1 saturated heterocycles. The number of nitrogens with one attached hydrogen (secondary N) is 3. The quantitative estimate of drug-likeness (QED) is 0.726. The van der Waals surface area contributed by atoms with Crippen LogP contribution in [0.15, 0.2) is 4.79 Å². The Morgan fingerprint density at radius 3 is 2.60 bits per heavy atom. The Labute approximate surface area is 116 Å². The Balaban J connectivity index is 2.28. The highest BCUT2D eigenvalue weighted by molar-refractivity contribution is 5.97. The lowest BCUT2D eigenvalue weighted by Gasteiger charge is -2.35. The number of carbonyl (C=O) groups is 2. The molecule has 0 aromatic carbocycles. The number of imidazole rings is 1. The van der Waals surface area contributed by atoms with Gasteiger partial charge >= 0.3 is 5.69 Å². The topological polar surface area (TPSA) is 98.1 Å². The minimum atomic E-state index is -0.478. The van der Waals surface area contributed by atoms with Crippen LogP contribution < -0.4 is 11.0 Å². The number of H-pyrrole nitrogens is 2. The summed E-state index contributed by atoms with van der Waals surface area (Å²) in [5, 5.41) is 2.78. The van der Waals surface area contributed by atoms with E-state index in [2.05, 4.69) is 15.3 Å². The second-order valence-corrected chi connectivity index (χ2v) is 5.51. The van der Waals surface area contributed by atoms with Crippen molar-refractivity contribution < 1.29 is 9.59 Å². The van der Waals surface area contributed by atoms with Crippen LogP contribution in [0.3, 0.4) is 0 Å². The summed E-state index contributed by atoms with van der Waals surface area (Å²) in [6.45, 7) is 6.57. The summed E-state index contributed by atoms with van der Waals surface area (Å²) in [5.41, 5.74) is 0.320. The monoisotopic (exact) mass is 280 g/mol. The molecule has 1 aliphatic heterocycles. The molecule has 0 saturated carbocycles. The van der Waals surface area contributed by atoms with E-state index < -0.39 is 11.7 Å². The smallest absolute Gasteiger partial charge is 0.323 e. The van der Waals surface area contributed by atoms with Crippen molar-refractivity contribution in [3.63, 3.8) is 0 Å². The zero-order valence-electron chi connectivity index (χ0n) is 11.9. The van der Waals surface area contributed by atoms with E-state index in [0.717, 1.165) is 0 Å².